The molecule has 190 valence electrons. The van der Waals surface area contributed by atoms with Crippen LogP contribution >= 0.6 is 0 Å². The molecular weight excluding hydrogens is 486 g/mol. The number of rotatable bonds is 6. The Bertz CT molecular complexity index is 1540. The lowest BCUT2D eigenvalue weighted by Gasteiger charge is -2.36. The van der Waals surface area contributed by atoms with Gasteiger partial charge in [-0.2, -0.15) is 0 Å². The summed E-state index contributed by atoms with van der Waals surface area (Å²) in [6, 6.07) is 27.1. The van der Waals surface area contributed by atoms with E-state index in [1.807, 2.05) is 35.1 Å². The second-order valence-electron chi connectivity index (χ2n) is 9.38. The molecule has 1 aliphatic rings. The molecule has 1 saturated heterocycles. The summed E-state index contributed by atoms with van der Waals surface area (Å²) in [5, 5.41) is 12.3. The predicted octanol–water partition coefficient (Wildman–Crippen LogP) is 4.22. The van der Waals surface area contributed by atoms with Gasteiger partial charge in [0.2, 0.25) is 10.0 Å². The van der Waals surface area contributed by atoms with Crippen LogP contribution in [0.4, 0.5) is 5.69 Å². The van der Waals surface area contributed by atoms with Crippen molar-refractivity contribution >= 4 is 32.4 Å². The molecule has 0 atom stereocenters. The number of fused-ring (bicyclic) bond motifs is 1. The smallest absolute Gasteiger partial charge is 0.264 e. The van der Waals surface area contributed by atoms with E-state index in [9.17, 15) is 18.3 Å². The Morgan fingerprint density at radius 1 is 0.865 bits per heavy atom. The van der Waals surface area contributed by atoms with Gasteiger partial charge in [-0.3, -0.25) is 9.69 Å². The molecule has 8 heteroatoms. The van der Waals surface area contributed by atoms with Crippen molar-refractivity contribution in [1.29, 1.82) is 0 Å². The van der Waals surface area contributed by atoms with Crippen molar-refractivity contribution in [1.82, 2.24) is 9.62 Å². The molecule has 2 N–H and O–H groups in total. The lowest BCUT2D eigenvalue weighted by molar-refractivity contribution is 0.0981. The molecule has 0 aromatic heterocycles. The van der Waals surface area contributed by atoms with E-state index in [2.05, 4.69) is 40.1 Å². The van der Waals surface area contributed by atoms with Gasteiger partial charge in [0.05, 0.1) is 6.26 Å². The highest BCUT2D eigenvalue weighted by molar-refractivity contribution is 7.89. The Balaban J connectivity index is 1.26. The van der Waals surface area contributed by atoms with Crippen LogP contribution in [-0.2, 0) is 16.6 Å². The van der Waals surface area contributed by atoms with Crippen LogP contribution in [0, 0.1) is 0 Å². The first-order valence-electron chi connectivity index (χ1n) is 12.2. The van der Waals surface area contributed by atoms with Crippen molar-refractivity contribution in [3.8, 4) is 16.9 Å². The maximum Gasteiger partial charge on any atom is 0.264 e. The van der Waals surface area contributed by atoms with Gasteiger partial charge in [-0.15, -0.1) is 0 Å². The van der Waals surface area contributed by atoms with E-state index in [0.717, 1.165) is 55.8 Å². The van der Waals surface area contributed by atoms with Crippen molar-refractivity contribution in [2.24, 2.45) is 0 Å². The quantitative estimate of drug-likeness (QED) is 0.400. The van der Waals surface area contributed by atoms with Crippen molar-refractivity contribution < 1.29 is 18.3 Å². The summed E-state index contributed by atoms with van der Waals surface area (Å²) in [5.74, 6) is -0.364. The van der Waals surface area contributed by atoms with Gasteiger partial charge in [-0.05, 0) is 63.9 Å². The number of carbonyl (C=O) groups excluding carboxylic acids is 1. The van der Waals surface area contributed by atoms with Crippen LogP contribution in [0.15, 0.2) is 84.9 Å². The number of nitrogens with zero attached hydrogens (tertiary/aromatic N) is 2. The van der Waals surface area contributed by atoms with E-state index in [0.29, 0.717) is 5.56 Å². The summed E-state index contributed by atoms with van der Waals surface area (Å²) >= 11 is 0. The van der Waals surface area contributed by atoms with Gasteiger partial charge >= 0.3 is 0 Å². The van der Waals surface area contributed by atoms with Crippen molar-refractivity contribution in [3.05, 3.63) is 96.1 Å². The first-order valence-corrected chi connectivity index (χ1v) is 14.1. The number of hydrogen-bond acceptors (Lipinski definition) is 6. The Labute approximate surface area is 217 Å². The Hall–Kier alpha value is -3.88. The lowest BCUT2D eigenvalue weighted by atomic mass is 9.94. The molecule has 4 aromatic rings. The highest BCUT2D eigenvalue weighted by Gasteiger charge is 2.19. The summed E-state index contributed by atoms with van der Waals surface area (Å²) < 4.78 is 24.6. The highest BCUT2D eigenvalue weighted by atomic mass is 32.2. The average Bonchev–Trinajstić information content (AvgIpc) is 2.88. The van der Waals surface area contributed by atoms with Crippen molar-refractivity contribution in [2.75, 3.05) is 37.3 Å². The molecule has 1 aliphatic heterocycles. The molecule has 0 aliphatic carbocycles. The molecule has 1 fully saturated rings. The normalized spacial score (nSPS) is 14.6. The zero-order valence-corrected chi connectivity index (χ0v) is 21.4. The molecule has 0 bridgehead atoms. The molecule has 1 heterocycles. The molecule has 1 amide bonds. The molecular formula is C29H29N3O4S. The van der Waals surface area contributed by atoms with Gasteiger partial charge in [0.15, 0.2) is 0 Å². The minimum Gasteiger partial charge on any atom is -0.508 e. The fourth-order valence-electron chi connectivity index (χ4n) is 4.88. The number of nitrogens with one attached hydrogen (secondary N) is 1. The number of phenolic OH excluding ortho intramolecular Hbond substituents is 1. The zero-order valence-electron chi connectivity index (χ0n) is 20.6. The highest BCUT2D eigenvalue weighted by Crippen LogP contribution is 2.33. The van der Waals surface area contributed by atoms with E-state index in [1.165, 1.54) is 16.3 Å². The molecule has 0 radical (unpaired) electrons. The number of sulfonamides is 1. The van der Waals surface area contributed by atoms with Crippen LogP contribution in [-0.4, -0.2) is 56.8 Å². The Kier molecular flexibility index (Phi) is 6.86. The number of amides is 1. The summed E-state index contributed by atoms with van der Waals surface area (Å²) in [7, 11) is -3.59. The Morgan fingerprint density at radius 3 is 2.24 bits per heavy atom. The monoisotopic (exact) mass is 515 g/mol. The molecule has 0 saturated carbocycles. The van der Waals surface area contributed by atoms with Crippen LogP contribution in [0.1, 0.15) is 15.9 Å². The maximum absolute atomic E-state index is 12.1. The number of benzene rings is 4. The van der Waals surface area contributed by atoms with Gasteiger partial charge in [0.25, 0.3) is 5.91 Å². The molecule has 4 aromatic carbocycles. The van der Waals surface area contributed by atoms with E-state index in [-0.39, 0.29) is 5.75 Å². The van der Waals surface area contributed by atoms with Gasteiger partial charge < -0.3 is 10.0 Å². The van der Waals surface area contributed by atoms with Crippen LogP contribution in [0.25, 0.3) is 21.9 Å². The average molecular weight is 516 g/mol. The number of piperazine rings is 1. The standard InChI is InChI=1S/C29H29N3O4S/c1-37(35,36)30-29(34)21-9-12-24(13-10-21)32-17-15-31(16-18-32)20-23-11-14-27(22-5-4-6-25(33)19-22)28-8-3-2-7-26(23)28/h2-14,19,33H,15-18,20H2,1H3,(H,30,34). The number of anilines is 1. The first-order chi connectivity index (χ1) is 17.8. The van der Waals surface area contributed by atoms with E-state index < -0.39 is 15.9 Å². The fraction of sp³-hybridized carbons (Fsp3) is 0.207. The molecule has 7 nitrogen and oxygen atoms in total. The first kappa shape index (κ1) is 24.8. The van der Waals surface area contributed by atoms with Gasteiger partial charge in [0, 0.05) is 44.0 Å². The zero-order chi connectivity index (χ0) is 26.0. The van der Waals surface area contributed by atoms with Crippen LogP contribution in [0.5, 0.6) is 5.75 Å². The third-order valence-electron chi connectivity index (χ3n) is 6.71. The largest absolute Gasteiger partial charge is 0.508 e. The number of phenols is 1. The van der Waals surface area contributed by atoms with Crippen molar-refractivity contribution in [3.63, 3.8) is 0 Å². The topological polar surface area (TPSA) is 90.0 Å². The summed E-state index contributed by atoms with van der Waals surface area (Å²) in [6.45, 7) is 4.36. The van der Waals surface area contributed by atoms with Gasteiger partial charge in [-0.1, -0.05) is 48.5 Å². The summed E-state index contributed by atoms with van der Waals surface area (Å²) in [5.41, 5.74) is 4.70. The minimum atomic E-state index is -3.59. The third kappa shape index (κ3) is 5.76. The van der Waals surface area contributed by atoms with E-state index in [4.69, 9.17) is 0 Å². The fourth-order valence-corrected chi connectivity index (χ4v) is 5.34. The SMILES string of the molecule is CS(=O)(=O)NC(=O)c1ccc(N2CCN(Cc3ccc(-c4cccc(O)c4)c4ccccc34)CC2)cc1. The minimum absolute atomic E-state index is 0.260. The number of hydrogen-bond donors (Lipinski definition) is 2. The third-order valence-corrected chi connectivity index (χ3v) is 7.27. The second-order valence-corrected chi connectivity index (χ2v) is 11.1. The summed E-state index contributed by atoms with van der Waals surface area (Å²) in [6.07, 6.45) is 0.963. The van der Waals surface area contributed by atoms with E-state index >= 15 is 0 Å². The van der Waals surface area contributed by atoms with Crippen LogP contribution < -0.4 is 9.62 Å². The second kappa shape index (κ2) is 10.2. The van der Waals surface area contributed by atoms with Gasteiger partial charge in [-0.25, -0.2) is 13.1 Å². The Morgan fingerprint density at radius 2 is 1.57 bits per heavy atom. The molecule has 0 spiro atoms. The molecule has 0 unspecified atom stereocenters. The maximum atomic E-state index is 12.1. The number of aromatic hydroxyl groups is 1. The molecule has 37 heavy (non-hydrogen) atoms. The van der Waals surface area contributed by atoms with Crippen LogP contribution in [0.3, 0.4) is 0 Å². The lowest BCUT2D eigenvalue weighted by Crippen LogP contribution is -2.46. The van der Waals surface area contributed by atoms with Gasteiger partial charge in [0.1, 0.15) is 5.75 Å². The molecule has 5 rings (SSSR count). The summed E-state index contributed by atoms with van der Waals surface area (Å²) in [4.78, 5) is 16.8. The predicted molar refractivity (Wildman–Crippen MR) is 147 cm³/mol. The van der Waals surface area contributed by atoms with Crippen molar-refractivity contribution in [2.45, 2.75) is 6.54 Å². The number of carbonyl (C=O) groups is 1. The van der Waals surface area contributed by atoms with Crippen LogP contribution in [0.2, 0.25) is 0 Å². The van der Waals surface area contributed by atoms with E-state index in [1.54, 1.807) is 24.3 Å².